The summed E-state index contributed by atoms with van der Waals surface area (Å²) < 4.78 is 7.28. The molecule has 23 heavy (non-hydrogen) atoms. The van der Waals surface area contributed by atoms with Gasteiger partial charge in [-0.2, -0.15) is 0 Å². The molecule has 3 heterocycles. The van der Waals surface area contributed by atoms with Gasteiger partial charge in [0.25, 0.3) is 5.91 Å². The number of thiophene rings is 1. The highest BCUT2D eigenvalue weighted by atomic mass is 32.1. The van der Waals surface area contributed by atoms with Crippen LogP contribution in [-0.2, 0) is 13.1 Å². The van der Waals surface area contributed by atoms with Crippen LogP contribution in [0.5, 0.6) is 0 Å². The van der Waals surface area contributed by atoms with Crippen LogP contribution < -0.4 is 5.32 Å². The molecule has 0 aliphatic heterocycles. The van der Waals surface area contributed by atoms with E-state index in [1.165, 1.54) is 4.88 Å². The summed E-state index contributed by atoms with van der Waals surface area (Å²) >= 11 is 1.72. The first-order valence-corrected chi connectivity index (χ1v) is 8.32. The van der Waals surface area contributed by atoms with E-state index >= 15 is 0 Å². The molecular weight excluding hydrogens is 310 g/mol. The predicted molar refractivity (Wildman–Crippen MR) is 89.7 cm³/mol. The molecule has 1 amide bonds. The summed E-state index contributed by atoms with van der Waals surface area (Å²) in [7, 11) is 0. The first-order chi connectivity index (χ1) is 11.0. The highest BCUT2D eigenvalue weighted by molar-refractivity contribution is 7.09. The standard InChI is InChI=1S/C17H19N3O2S/c1-11-7-14(22-19-11)9-18-17(21)16-8-12(2)20(13(16)3)10-15-5-4-6-23-15/h4-8H,9-10H2,1-3H3,(H,18,21). The molecule has 0 saturated carbocycles. The Balaban J connectivity index is 1.73. The second-order valence-corrected chi connectivity index (χ2v) is 6.60. The maximum Gasteiger partial charge on any atom is 0.253 e. The van der Waals surface area contributed by atoms with Crippen molar-refractivity contribution in [2.45, 2.75) is 33.9 Å². The van der Waals surface area contributed by atoms with E-state index in [0.717, 1.165) is 23.6 Å². The molecule has 3 rings (SSSR count). The average Bonchev–Trinajstić information content (AvgIpc) is 3.23. The zero-order valence-electron chi connectivity index (χ0n) is 13.4. The van der Waals surface area contributed by atoms with Gasteiger partial charge in [-0.3, -0.25) is 4.79 Å². The fraction of sp³-hybridized carbons (Fsp3) is 0.294. The molecule has 0 spiro atoms. The van der Waals surface area contributed by atoms with Crippen LogP contribution in [0.25, 0.3) is 0 Å². The lowest BCUT2D eigenvalue weighted by molar-refractivity contribution is 0.0946. The third-order valence-electron chi connectivity index (χ3n) is 3.81. The molecule has 5 nitrogen and oxygen atoms in total. The number of hydrogen-bond acceptors (Lipinski definition) is 4. The zero-order valence-corrected chi connectivity index (χ0v) is 14.2. The number of nitrogens with one attached hydrogen (secondary N) is 1. The van der Waals surface area contributed by atoms with E-state index in [1.54, 1.807) is 11.3 Å². The number of aromatic nitrogens is 2. The summed E-state index contributed by atoms with van der Waals surface area (Å²) in [5.41, 5.74) is 3.57. The molecule has 1 N–H and O–H groups in total. The SMILES string of the molecule is Cc1cc(CNC(=O)c2cc(C)n(Cc3cccs3)c2C)on1. The van der Waals surface area contributed by atoms with Crippen molar-refractivity contribution in [2.24, 2.45) is 0 Å². The van der Waals surface area contributed by atoms with E-state index in [9.17, 15) is 4.79 Å². The molecule has 0 aromatic carbocycles. The Kier molecular flexibility index (Phi) is 4.34. The molecule has 6 heteroatoms. The van der Waals surface area contributed by atoms with Crippen LogP contribution in [0.3, 0.4) is 0 Å². The third kappa shape index (κ3) is 3.37. The molecular formula is C17H19N3O2S. The van der Waals surface area contributed by atoms with Crippen LogP contribution in [0, 0.1) is 20.8 Å². The van der Waals surface area contributed by atoms with Crippen molar-refractivity contribution in [1.82, 2.24) is 15.0 Å². The van der Waals surface area contributed by atoms with Crippen molar-refractivity contribution >= 4 is 17.2 Å². The number of amides is 1. The predicted octanol–water partition coefficient (Wildman–Crippen LogP) is 3.44. The fourth-order valence-corrected chi connectivity index (χ4v) is 3.29. The van der Waals surface area contributed by atoms with Gasteiger partial charge in [-0.1, -0.05) is 11.2 Å². The highest BCUT2D eigenvalue weighted by Crippen LogP contribution is 2.19. The average molecular weight is 329 g/mol. The van der Waals surface area contributed by atoms with Crippen LogP contribution in [0.1, 0.15) is 38.1 Å². The zero-order chi connectivity index (χ0) is 16.4. The van der Waals surface area contributed by atoms with Gasteiger partial charge in [0.1, 0.15) is 0 Å². The van der Waals surface area contributed by atoms with E-state index < -0.39 is 0 Å². The third-order valence-corrected chi connectivity index (χ3v) is 4.67. The minimum atomic E-state index is -0.0930. The minimum Gasteiger partial charge on any atom is -0.359 e. The van der Waals surface area contributed by atoms with Gasteiger partial charge >= 0.3 is 0 Å². The van der Waals surface area contributed by atoms with E-state index in [2.05, 4.69) is 26.5 Å². The van der Waals surface area contributed by atoms with Gasteiger partial charge < -0.3 is 14.4 Å². The number of aryl methyl sites for hydroxylation is 2. The van der Waals surface area contributed by atoms with Gasteiger partial charge in [-0.25, -0.2) is 0 Å². The first-order valence-electron chi connectivity index (χ1n) is 7.44. The Morgan fingerprint density at radius 3 is 2.83 bits per heavy atom. The number of rotatable bonds is 5. The van der Waals surface area contributed by atoms with Gasteiger partial charge in [-0.05, 0) is 38.3 Å². The minimum absolute atomic E-state index is 0.0930. The van der Waals surface area contributed by atoms with Crippen LogP contribution in [0.2, 0.25) is 0 Å². The quantitative estimate of drug-likeness (QED) is 0.780. The van der Waals surface area contributed by atoms with Crippen LogP contribution in [0.4, 0.5) is 0 Å². The second-order valence-electron chi connectivity index (χ2n) is 5.57. The van der Waals surface area contributed by atoms with Crippen LogP contribution in [0.15, 0.2) is 34.2 Å². The first kappa shape index (κ1) is 15.6. The summed E-state index contributed by atoms with van der Waals surface area (Å²) in [5.74, 6) is 0.563. The Hall–Kier alpha value is -2.34. The van der Waals surface area contributed by atoms with E-state index in [1.807, 2.05) is 39.0 Å². The van der Waals surface area contributed by atoms with Crippen molar-refractivity contribution in [3.63, 3.8) is 0 Å². The van der Waals surface area contributed by atoms with Crippen molar-refractivity contribution in [2.75, 3.05) is 0 Å². The number of carbonyl (C=O) groups is 1. The summed E-state index contributed by atoms with van der Waals surface area (Å²) in [4.78, 5) is 13.7. The Bertz CT molecular complexity index is 815. The molecule has 3 aromatic heterocycles. The smallest absolute Gasteiger partial charge is 0.253 e. The van der Waals surface area contributed by atoms with Gasteiger partial charge in [0.05, 0.1) is 24.3 Å². The van der Waals surface area contributed by atoms with Gasteiger partial charge in [-0.15, -0.1) is 11.3 Å². The lowest BCUT2D eigenvalue weighted by Gasteiger charge is -2.08. The molecule has 0 aliphatic rings. The molecule has 3 aromatic rings. The van der Waals surface area contributed by atoms with Gasteiger partial charge in [0, 0.05) is 22.3 Å². The van der Waals surface area contributed by atoms with E-state index in [0.29, 0.717) is 17.9 Å². The maximum absolute atomic E-state index is 12.4. The van der Waals surface area contributed by atoms with E-state index in [4.69, 9.17) is 4.52 Å². The Labute approximate surface area is 138 Å². The van der Waals surface area contributed by atoms with Crippen LogP contribution in [-0.4, -0.2) is 15.6 Å². The maximum atomic E-state index is 12.4. The molecule has 0 aliphatic carbocycles. The summed E-state index contributed by atoms with van der Waals surface area (Å²) in [6, 6.07) is 7.90. The Morgan fingerprint density at radius 1 is 1.35 bits per heavy atom. The van der Waals surface area contributed by atoms with Crippen molar-refractivity contribution in [3.8, 4) is 0 Å². The molecule has 0 bridgehead atoms. The molecule has 0 atom stereocenters. The highest BCUT2D eigenvalue weighted by Gasteiger charge is 2.16. The van der Waals surface area contributed by atoms with Crippen molar-refractivity contribution in [3.05, 3.63) is 62.9 Å². The molecule has 0 saturated heterocycles. The number of carbonyl (C=O) groups excluding carboxylic acids is 1. The van der Waals surface area contributed by atoms with E-state index in [-0.39, 0.29) is 5.91 Å². The molecule has 0 fully saturated rings. The largest absolute Gasteiger partial charge is 0.359 e. The molecule has 120 valence electrons. The topological polar surface area (TPSA) is 60.1 Å². The summed E-state index contributed by atoms with van der Waals surface area (Å²) in [5, 5.41) is 8.77. The van der Waals surface area contributed by atoms with Crippen LogP contribution >= 0.6 is 11.3 Å². The monoisotopic (exact) mass is 329 g/mol. The Morgan fingerprint density at radius 2 is 2.17 bits per heavy atom. The lowest BCUT2D eigenvalue weighted by atomic mass is 10.2. The van der Waals surface area contributed by atoms with Crippen molar-refractivity contribution in [1.29, 1.82) is 0 Å². The van der Waals surface area contributed by atoms with Gasteiger partial charge in [0.2, 0.25) is 0 Å². The van der Waals surface area contributed by atoms with Gasteiger partial charge in [0.15, 0.2) is 5.76 Å². The normalized spacial score (nSPS) is 10.9. The number of nitrogens with zero attached hydrogens (tertiary/aromatic N) is 2. The second kappa shape index (κ2) is 6.42. The number of hydrogen-bond donors (Lipinski definition) is 1. The van der Waals surface area contributed by atoms with Crippen molar-refractivity contribution < 1.29 is 9.32 Å². The fourth-order valence-electron chi connectivity index (χ4n) is 2.59. The summed E-state index contributed by atoms with van der Waals surface area (Å²) in [6.45, 7) is 7.00. The summed E-state index contributed by atoms with van der Waals surface area (Å²) in [6.07, 6.45) is 0. The molecule has 0 radical (unpaired) electrons. The lowest BCUT2D eigenvalue weighted by Crippen LogP contribution is -2.23. The molecule has 0 unspecified atom stereocenters.